The molecule has 1 aliphatic heterocycles. The number of hydrogen-bond donors (Lipinski definition) is 2. The van der Waals surface area contributed by atoms with E-state index in [0.717, 1.165) is 0 Å². The van der Waals surface area contributed by atoms with Crippen LogP contribution >= 0.6 is 0 Å². The highest BCUT2D eigenvalue weighted by Crippen LogP contribution is 2.21. The third kappa shape index (κ3) is 3.17. The van der Waals surface area contributed by atoms with Crippen LogP contribution in [0, 0.1) is 0 Å². The van der Waals surface area contributed by atoms with Gasteiger partial charge in [-0.2, -0.15) is 0 Å². The van der Waals surface area contributed by atoms with Crippen LogP contribution in [0.5, 0.6) is 0 Å². The van der Waals surface area contributed by atoms with E-state index < -0.39 is 17.9 Å². The first-order chi connectivity index (χ1) is 11.6. The molecular weight excluding hydrogens is 316 g/mol. The summed E-state index contributed by atoms with van der Waals surface area (Å²) >= 11 is 0. The molecule has 8 heteroatoms. The van der Waals surface area contributed by atoms with Crippen molar-refractivity contribution in [3.05, 3.63) is 47.8 Å². The Morgan fingerprint density at radius 1 is 1.25 bits per heavy atom. The van der Waals surface area contributed by atoms with Gasteiger partial charge in [0.2, 0.25) is 11.7 Å². The SMILES string of the molecule is O=C(O)c1ccc(C(=O)N2CCCC2C(=O)NCc2ccco2)o1. The summed E-state index contributed by atoms with van der Waals surface area (Å²) in [5.41, 5.74) is 0. The van der Waals surface area contributed by atoms with Crippen LogP contribution in [0.2, 0.25) is 0 Å². The predicted molar refractivity (Wildman–Crippen MR) is 80.3 cm³/mol. The van der Waals surface area contributed by atoms with Crippen LogP contribution in [-0.2, 0) is 11.3 Å². The maximum atomic E-state index is 12.5. The fourth-order valence-electron chi connectivity index (χ4n) is 2.70. The van der Waals surface area contributed by atoms with Crippen LogP contribution in [0.1, 0.15) is 39.7 Å². The Balaban J connectivity index is 1.66. The molecule has 0 bridgehead atoms. The number of carboxylic acids is 1. The van der Waals surface area contributed by atoms with Gasteiger partial charge in [0.25, 0.3) is 5.91 Å². The van der Waals surface area contributed by atoms with Crippen LogP contribution in [0.25, 0.3) is 0 Å². The Hall–Kier alpha value is -3.03. The van der Waals surface area contributed by atoms with Gasteiger partial charge in [0.05, 0.1) is 12.8 Å². The average Bonchev–Trinajstić information content (AvgIpc) is 3.33. The molecule has 8 nitrogen and oxygen atoms in total. The molecule has 0 radical (unpaired) electrons. The zero-order valence-corrected chi connectivity index (χ0v) is 12.7. The number of furan rings is 2. The van der Waals surface area contributed by atoms with Crippen molar-refractivity contribution in [1.29, 1.82) is 0 Å². The van der Waals surface area contributed by atoms with Gasteiger partial charge in [-0.3, -0.25) is 9.59 Å². The summed E-state index contributed by atoms with van der Waals surface area (Å²) in [6, 6.07) is 5.39. The van der Waals surface area contributed by atoms with Gasteiger partial charge in [-0.05, 0) is 37.1 Å². The largest absolute Gasteiger partial charge is 0.475 e. The Morgan fingerprint density at radius 2 is 2.04 bits per heavy atom. The van der Waals surface area contributed by atoms with Crippen molar-refractivity contribution < 1.29 is 28.3 Å². The first-order valence-corrected chi connectivity index (χ1v) is 7.50. The molecular formula is C16H16N2O6. The Bertz CT molecular complexity index is 748. The van der Waals surface area contributed by atoms with E-state index in [9.17, 15) is 14.4 Å². The van der Waals surface area contributed by atoms with Crippen molar-refractivity contribution in [1.82, 2.24) is 10.2 Å². The minimum atomic E-state index is -1.25. The molecule has 1 fully saturated rings. The fraction of sp³-hybridized carbons (Fsp3) is 0.312. The first-order valence-electron chi connectivity index (χ1n) is 7.50. The Kier molecular flexibility index (Phi) is 4.37. The molecule has 126 valence electrons. The lowest BCUT2D eigenvalue weighted by atomic mass is 10.2. The van der Waals surface area contributed by atoms with E-state index in [-0.39, 0.29) is 24.0 Å². The number of hydrogen-bond acceptors (Lipinski definition) is 5. The monoisotopic (exact) mass is 332 g/mol. The van der Waals surface area contributed by atoms with Crippen molar-refractivity contribution in [3.63, 3.8) is 0 Å². The molecule has 0 saturated carbocycles. The second-order valence-electron chi connectivity index (χ2n) is 5.42. The molecule has 2 aromatic heterocycles. The number of amides is 2. The average molecular weight is 332 g/mol. The fourth-order valence-corrected chi connectivity index (χ4v) is 2.70. The van der Waals surface area contributed by atoms with Gasteiger partial charge < -0.3 is 24.2 Å². The van der Waals surface area contributed by atoms with Crippen molar-refractivity contribution in [3.8, 4) is 0 Å². The number of nitrogens with one attached hydrogen (secondary N) is 1. The second-order valence-corrected chi connectivity index (χ2v) is 5.42. The lowest BCUT2D eigenvalue weighted by Gasteiger charge is -2.22. The molecule has 1 saturated heterocycles. The van der Waals surface area contributed by atoms with E-state index in [1.54, 1.807) is 12.1 Å². The molecule has 1 atom stereocenters. The zero-order valence-electron chi connectivity index (χ0n) is 12.7. The molecule has 2 N–H and O–H groups in total. The van der Waals surface area contributed by atoms with Crippen LogP contribution in [0.3, 0.4) is 0 Å². The summed E-state index contributed by atoms with van der Waals surface area (Å²) in [5, 5.41) is 11.6. The van der Waals surface area contributed by atoms with E-state index in [1.807, 2.05) is 0 Å². The maximum Gasteiger partial charge on any atom is 0.371 e. The molecule has 2 aromatic rings. The smallest absolute Gasteiger partial charge is 0.371 e. The Labute approximate surface area is 137 Å². The number of rotatable bonds is 5. The lowest BCUT2D eigenvalue weighted by Crippen LogP contribution is -2.45. The van der Waals surface area contributed by atoms with Crippen LogP contribution in [0.15, 0.2) is 39.4 Å². The molecule has 1 unspecified atom stereocenters. The highest BCUT2D eigenvalue weighted by atomic mass is 16.4. The van der Waals surface area contributed by atoms with E-state index in [4.69, 9.17) is 13.9 Å². The normalized spacial score (nSPS) is 17.0. The summed E-state index contributed by atoms with van der Waals surface area (Å²) in [5.74, 6) is -1.78. The van der Waals surface area contributed by atoms with Crippen molar-refractivity contribution in [2.75, 3.05) is 6.54 Å². The van der Waals surface area contributed by atoms with Gasteiger partial charge in [-0.25, -0.2) is 4.79 Å². The second kappa shape index (κ2) is 6.61. The minimum absolute atomic E-state index is 0.0851. The van der Waals surface area contributed by atoms with E-state index in [1.165, 1.54) is 23.3 Å². The van der Waals surface area contributed by atoms with Crippen molar-refractivity contribution in [2.45, 2.75) is 25.4 Å². The van der Waals surface area contributed by atoms with Gasteiger partial charge >= 0.3 is 5.97 Å². The highest BCUT2D eigenvalue weighted by molar-refractivity contribution is 5.97. The molecule has 3 heterocycles. The minimum Gasteiger partial charge on any atom is -0.475 e. The molecule has 1 aliphatic rings. The van der Waals surface area contributed by atoms with Gasteiger partial charge in [0.1, 0.15) is 11.8 Å². The summed E-state index contributed by atoms with van der Waals surface area (Å²) in [4.78, 5) is 37.0. The third-order valence-electron chi connectivity index (χ3n) is 3.86. The quantitative estimate of drug-likeness (QED) is 0.858. The summed E-state index contributed by atoms with van der Waals surface area (Å²) < 4.78 is 10.2. The molecule has 2 amide bonds. The molecule has 0 aromatic carbocycles. The third-order valence-corrected chi connectivity index (χ3v) is 3.86. The summed E-state index contributed by atoms with van der Waals surface area (Å²) in [6.45, 7) is 0.662. The number of carbonyl (C=O) groups is 3. The van der Waals surface area contributed by atoms with E-state index in [2.05, 4.69) is 5.32 Å². The molecule has 3 rings (SSSR count). The first kappa shape index (κ1) is 15.9. The number of likely N-dealkylation sites (tertiary alicyclic amines) is 1. The topological polar surface area (TPSA) is 113 Å². The number of carboxylic acid groups (broad SMARTS) is 1. The van der Waals surface area contributed by atoms with E-state index >= 15 is 0 Å². The lowest BCUT2D eigenvalue weighted by molar-refractivity contribution is -0.125. The van der Waals surface area contributed by atoms with Gasteiger partial charge in [0, 0.05) is 6.54 Å². The summed E-state index contributed by atoms with van der Waals surface area (Å²) in [7, 11) is 0. The predicted octanol–water partition coefficient (Wildman–Crippen LogP) is 1.49. The van der Waals surface area contributed by atoms with Gasteiger partial charge in [-0.1, -0.05) is 0 Å². The van der Waals surface area contributed by atoms with Crippen molar-refractivity contribution in [2.24, 2.45) is 0 Å². The van der Waals surface area contributed by atoms with Crippen LogP contribution in [0.4, 0.5) is 0 Å². The van der Waals surface area contributed by atoms with Crippen LogP contribution < -0.4 is 5.32 Å². The standard InChI is InChI=1S/C16H16N2O6/c19-14(17-9-10-3-2-8-23-10)11-4-1-7-18(11)15(20)12-5-6-13(24-12)16(21)22/h2-3,5-6,8,11H,1,4,7,9H2,(H,17,19)(H,21,22). The maximum absolute atomic E-state index is 12.5. The Morgan fingerprint density at radius 3 is 2.71 bits per heavy atom. The zero-order chi connectivity index (χ0) is 17.1. The van der Waals surface area contributed by atoms with Crippen molar-refractivity contribution >= 4 is 17.8 Å². The van der Waals surface area contributed by atoms with Crippen LogP contribution in [-0.4, -0.2) is 40.4 Å². The molecule has 0 spiro atoms. The number of carbonyl (C=O) groups excluding carboxylic acids is 2. The van der Waals surface area contributed by atoms with Gasteiger partial charge in [-0.15, -0.1) is 0 Å². The van der Waals surface area contributed by atoms with Gasteiger partial charge in [0.15, 0.2) is 5.76 Å². The number of nitrogens with zero attached hydrogens (tertiary/aromatic N) is 1. The highest BCUT2D eigenvalue weighted by Gasteiger charge is 2.35. The molecule has 24 heavy (non-hydrogen) atoms. The number of aromatic carboxylic acids is 1. The molecule has 0 aliphatic carbocycles. The summed E-state index contributed by atoms with van der Waals surface area (Å²) in [6.07, 6.45) is 2.75. The van der Waals surface area contributed by atoms with E-state index in [0.29, 0.717) is 25.1 Å².